The highest BCUT2D eigenvalue weighted by Gasteiger charge is 2.25. The lowest BCUT2D eigenvalue weighted by molar-refractivity contribution is -0.870. The maximum Gasteiger partial charge on any atom is 0.472 e. The fourth-order valence-corrected chi connectivity index (χ4v) is 6.23. The van der Waals surface area contributed by atoms with Gasteiger partial charge in [0.05, 0.1) is 47.6 Å². The number of allylic oxidation sites excluding steroid dienone is 14. The molecule has 0 saturated carbocycles. The summed E-state index contributed by atoms with van der Waals surface area (Å²) in [6.07, 6.45) is 30.5. The van der Waals surface area contributed by atoms with Crippen LogP contribution in [0.1, 0.15) is 146 Å². The molecule has 0 aromatic rings. The van der Waals surface area contributed by atoms with Gasteiger partial charge in [-0.2, -0.15) is 0 Å². The van der Waals surface area contributed by atoms with E-state index < -0.39 is 13.9 Å². The summed E-state index contributed by atoms with van der Waals surface area (Å²) in [6, 6.07) is 0. The van der Waals surface area contributed by atoms with Gasteiger partial charge >= 0.3 is 7.82 Å². The molecule has 0 aliphatic rings. The minimum absolute atomic E-state index is 0.104. The lowest BCUT2D eigenvalue weighted by Crippen LogP contribution is -2.37. The molecular weight excluding hydrogens is 718 g/mol. The van der Waals surface area contributed by atoms with E-state index in [0.717, 1.165) is 77.0 Å². The minimum atomic E-state index is -4.22. The largest absolute Gasteiger partial charge is 0.472 e. The first-order valence-electron chi connectivity index (χ1n) is 21.1. The van der Waals surface area contributed by atoms with E-state index in [1.54, 1.807) is 0 Å². The normalized spacial score (nSPS) is 15.5. The molecule has 0 rings (SSSR count). The zero-order valence-electron chi connectivity index (χ0n) is 38.3. The molecule has 1 N–H and O–H groups in total. The quantitative estimate of drug-likeness (QED) is 0.0316. The number of likely N-dealkylation sites (N-methyl/N-ethyl adjacent to an activating group) is 1. The van der Waals surface area contributed by atoms with Gasteiger partial charge in [-0.1, -0.05) is 93.2 Å². The van der Waals surface area contributed by atoms with E-state index in [-0.39, 0.29) is 19.8 Å². The Hall–Kier alpha value is -2.09. The molecule has 322 valence electrons. The molecule has 0 amide bonds. The van der Waals surface area contributed by atoms with Crippen LogP contribution >= 0.6 is 7.82 Å². The summed E-state index contributed by atoms with van der Waals surface area (Å²) >= 11 is 0. The third-order valence-corrected chi connectivity index (χ3v) is 10.3. The van der Waals surface area contributed by atoms with E-state index >= 15 is 0 Å². The molecule has 0 aliphatic carbocycles. The molecule has 0 heterocycles. The average molecular weight is 803 g/mol. The second-order valence-electron chi connectivity index (χ2n) is 17.2. The number of hydrogen-bond acceptors (Lipinski definition) is 5. The molecule has 0 fully saturated rings. The zero-order chi connectivity index (χ0) is 42.4. The summed E-state index contributed by atoms with van der Waals surface area (Å²) in [6.45, 7) is 23.4. The standard InChI is InChI=1S/C48H84NO6P/c1-40(2)20-14-22-42(5)24-16-26-44(7)28-18-30-46(9)32-35-52-38-48(39-55-56(50,51)54-37-34-49(11,12)13)53-36-33-47(10)31-19-29-45(8)27-17-25-43(6)23-15-21-41(3)4/h20-21,24-25,28-29,32-33,48H,14-19,22-23,26-27,30-31,34-39H2,1-13H3/p+1/b42-24+,43-25+,44-28+,45-29+,46-32+,47-33+/t48-/m1/s1. The van der Waals surface area contributed by atoms with E-state index in [9.17, 15) is 9.46 Å². The van der Waals surface area contributed by atoms with Gasteiger partial charge in [-0.05, 0) is 146 Å². The van der Waals surface area contributed by atoms with E-state index in [1.807, 2.05) is 21.1 Å². The topological polar surface area (TPSA) is 74.2 Å². The van der Waals surface area contributed by atoms with Gasteiger partial charge in [0.25, 0.3) is 0 Å². The predicted molar refractivity (Wildman–Crippen MR) is 242 cm³/mol. The highest BCUT2D eigenvalue weighted by molar-refractivity contribution is 7.47. The summed E-state index contributed by atoms with van der Waals surface area (Å²) in [4.78, 5) is 10.3. The Bertz CT molecular complexity index is 1380. The van der Waals surface area contributed by atoms with Crippen LogP contribution < -0.4 is 0 Å². The Balaban J connectivity index is 4.98. The number of phosphoric ester groups is 1. The fourth-order valence-electron chi connectivity index (χ4n) is 5.49. The van der Waals surface area contributed by atoms with E-state index in [0.29, 0.717) is 24.2 Å². The fraction of sp³-hybridized carbons (Fsp3) is 0.667. The third-order valence-electron chi connectivity index (χ3n) is 9.37. The van der Waals surface area contributed by atoms with Crippen LogP contribution in [0.25, 0.3) is 0 Å². The SMILES string of the molecule is CC(C)=CCC/C(C)=C/CC/C(C)=C/CC/C(C)=C/COC[C@H](COP(=O)(O)OCC[N+](C)(C)C)OC/C=C(\C)CC/C=C(\C)CC/C=C(\C)CCC=C(C)C. The minimum Gasteiger partial charge on any atom is -0.375 e. The van der Waals surface area contributed by atoms with Crippen LogP contribution in [0.2, 0.25) is 0 Å². The lowest BCUT2D eigenvalue weighted by atomic mass is 10.0. The highest BCUT2D eigenvalue weighted by Crippen LogP contribution is 2.43. The van der Waals surface area contributed by atoms with Crippen LogP contribution in [0.15, 0.2) is 93.2 Å². The van der Waals surface area contributed by atoms with E-state index in [4.69, 9.17) is 18.5 Å². The van der Waals surface area contributed by atoms with Gasteiger partial charge < -0.3 is 18.9 Å². The monoisotopic (exact) mass is 803 g/mol. The number of nitrogens with zero attached hydrogens (tertiary/aromatic N) is 1. The first-order valence-corrected chi connectivity index (χ1v) is 22.6. The molecule has 0 radical (unpaired) electrons. The van der Waals surface area contributed by atoms with Crippen LogP contribution in [0.4, 0.5) is 0 Å². The van der Waals surface area contributed by atoms with Gasteiger partial charge in [0.15, 0.2) is 0 Å². The van der Waals surface area contributed by atoms with Crippen molar-refractivity contribution >= 4 is 7.82 Å². The van der Waals surface area contributed by atoms with Gasteiger partial charge in [-0.25, -0.2) is 4.57 Å². The molecule has 0 spiro atoms. The molecule has 0 aromatic carbocycles. The summed E-state index contributed by atoms with van der Waals surface area (Å²) in [7, 11) is 1.77. The molecule has 0 saturated heterocycles. The van der Waals surface area contributed by atoms with Crippen molar-refractivity contribution in [3.8, 4) is 0 Å². The first kappa shape index (κ1) is 53.9. The van der Waals surface area contributed by atoms with Crippen LogP contribution in [0.3, 0.4) is 0 Å². The Morgan fingerprint density at radius 3 is 1.25 bits per heavy atom. The van der Waals surface area contributed by atoms with Crippen molar-refractivity contribution in [3.63, 3.8) is 0 Å². The first-order chi connectivity index (χ1) is 26.3. The molecule has 2 atom stereocenters. The molecular formula is C48H85NO6P+. The van der Waals surface area contributed by atoms with E-state index in [1.165, 1.54) is 44.6 Å². The zero-order valence-corrected chi connectivity index (χ0v) is 39.2. The molecule has 56 heavy (non-hydrogen) atoms. The van der Waals surface area contributed by atoms with Crippen LogP contribution in [-0.4, -0.2) is 76.2 Å². The van der Waals surface area contributed by atoms with Gasteiger partial charge in [-0.3, -0.25) is 9.05 Å². The van der Waals surface area contributed by atoms with Crippen molar-refractivity contribution in [3.05, 3.63) is 93.2 Å². The molecule has 7 nitrogen and oxygen atoms in total. The van der Waals surface area contributed by atoms with Crippen molar-refractivity contribution in [1.82, 2.24) is 0 Å². The summed E-state index contributed by atoms with van der Waals surface area (Å²) in [5.74, 6) is 0. The van der Waals surface area contributed by atoms with Crippen molar-refractivity contribution in [1.29, 1.82) is 0 Å². The second kappa shape index (κ2) is 31.8. The molecule has 0 aromatic heterocycles. The van der Waals surface area contributed by atoms with Crippen molar-refractivity contribution in [2.45, 2.75) is 152 Å². The predicted octanol–water partition coefficient (Wildman–Crippen LogP) is 13.5. The van der Waals surface area contributed by atoms with Gasteiger partial charge in [0, 0.05) is 0 Å². The Kier molecular flexibility index (Phi) is 30.7. The Morgan fingerprint density at radius 1 is 0.518 bits per heavy atom. The number of hydrogen-bond donors (Lipinski definition) is 1. The maximum atomic E-state index is 12.6. The number of ether oxygens (including phenoxy) is 2. The Labute approximate surface area is 345 Å². The summed E-state index contributed by atoms with van der Waals surface area (Å²) < 4.78 is 35.9. The molecule has 0 aliphatic heterocycles. The maximum absolute atomic E-state index is 12.6. The average Bonchev–Trinajstić information content (AvgIpc) is 3.07. The summed E-state index contributed by atoms with van der Waals surface area (Å²) in [5, 5.41) is 0. The highest BCUT2D eigenvalue weighted by atomic mass is 31.2. The van der Waals surface area contributed by atoms with Gasteiger partial charge in [-0.15, -0.1) is 0 Å². The van der Waals surface area contributed by atoms with Gasteiger partial charge in [0.2, 0.25) is 0 Å². The number of rotatable bonds is 32. The van der Waals surface area contributed by atoms with Crippen molar-refractivity contribution in [2.75, 3.05) is 60.7 Å². The molecule has 8 heteroatoms. The second-order valence-corrected chi connectivity index (χ2v) is 18.7. The smallest absolute Gasteiger partial charge is 0.375 e. The Morgan fingerprint density at radius 2 is 0.875 bits per heavy atom. The summed E-state index contributed by atoms with van der Waals surface area (Å²) in [5.41, 5.74) is 11.1. The molecule has 1 unspecified atom stereocenters. The van der Waals surface area contributed by atoms with Crippen LogP contribution in [0.5, 0.6) is 0 Å². The third kappa shape index (κ3) is 36.3. The number of quaternary nitrogens is 1. The van der Waals surface area contributed by atoms with E-state index in [2.05, 4.69) is 118 Å². The lowest BCUT2D eigenvalue weighted by Gasteiger charge is -2.24. The van der Waals surface area contributed by atoms with Crippen molar-refractivity contribution < 1.29 is 32.5 Å². The number of phosphoric acid groups is 1. The van der Waals surface area contributed by atoms with Crippen molar-refractivity contribution in [2.24, 2.45) is 0 Å². The molecule has 0 bridgehead atoms. The van der Waals surface area contributed by atoms with Gasteiger partial charge in [0.1, 0.15) is 19.3 Å². The van der Waals surface area contributed by atoms with Crippen LogP contribution in [0, 0.1) is 0 Å². The van der Waals surface area contributed by atoms with Crippen LogP contribution in [-0.2, 0) is 23.1 Å².